The van der Waals surface area contributed by atoms with E-state index in [0.717, 1.165) is 38.1 Å². The Kier molecular flexibility index (Phi) is 4.28. The Labute approximate surface area is 110 Å². The summed E-state index contributed by atoms with van der Waals surface area (Å²) in [7, 11) is 0. The van der Waals surface area contributed by atoms with Crippen LogP contribution in [-0.4, -0.2) is 43.2 Å². The second kappa shape index (κ2) is 5.57. The van der Waals surface area contributed by atoms with Crippen molar-refractivity contribution in [2.75, 3.05) is 26.3 Å². The van der Waals surface area contributed by atoms with Crippen LogP contribution in [0.4, 0.5) is 0 Å². The molecular weight excluding hydrogens is 228 g/mol. The van der Waals surface area contributed by atoms with Crippen molar-refractivity contribution in [1.29, 1.82) is 0 Å². The first-order chi connectivity index (χ1) is 8.59. The molecule has 104 valence electrons. The summed E-state index contributed by atoms with van der Waals surface area (Å²) in [6.07, 6.45) is 4.16. The van der Waals surface area contributed by atoms with Crippen molar-refractivity contribution in [1.82, 2.24) is 4.90 Å². The van der Waals surface area contributed by atoms with Gasteiger partial charge in [0.15, 0.2) is 0 Å². The molecule has 1 saturated carbocycles. The summed E-state index contributed by atoms with van der Waals surface area (Å²) in [5.41, 5.74) is 5.66. The van der Waals surface area contributed by atoms with Gasteiger partial charge in [0, 0.05) is 13.1 Å². The molecule has 0 spiro atoms. The molecule has 1 heterocycles. The van der Waals surface area contributed by atoms with E-state index in [1.54, 1.807) is 0 Å². The van der Waals surface area contributed by atoms with Crippen LogP contribution in [0.15, 0.2) is 0 Å². The minimum absolute atomic E-state index is 0.189. The zero-order chi connectivity index (χ0) is 13.2. The Balaban J connectivity index is 2.09. The van der Waals surface area contributed by atoms with Crippen LogP contribution in [0, 0.1) is 11.3 Å². The zero-order valence-corrected chi connectivity index (χ0v) is 11.7. The predicted octanol–water partition coefficient (Wildman–Crippen LogP) is 1.39. The number of ether oxygens (including phenoxy) is 1. The highest BCUT2D eigenvalue weighted by atomic mass is 16.5. The Morgan fingerprint density at radius 2 is 2.06 bits per heavy atom. The van der Waals surface area contributed by atoms with Crippen LogP contribution in [0.2, 0.25) is 0 Å². The molecule has 1 amide bonds. The van der Waals surface area contributed by atoms with Gasteiger partial charge in [-0.1, -0.05) is 6.92 Å². The van der Waals surface area contributed by atoms with Crippen LogP contribution in [-0.2, 0) is 9.53 Å². The van der Waals surface area contributed by atoms with Gasteiger partial charge in [-0.25, -0.2) is 0 Å². The number of hydrogen-bond donors (Lipinski definition) is 1. The third-order valence-electron chi connectivity index (χ3n) is 4.70. The molecule has 0 aromatic heterocycles. The Morgan fingerprint density at radius 1 is 1.39 bits per heavy atom. The molecule has 4 heteroatoms. The molecule has 0 bridgehead atoms. The maximum Gasteiger partial charge on any atom is 0.230 e. The number of carbonyl (C=O) groups is 1. The fourth-order valence-corrected chi connectivity index (χ4v) is 3.15. The van der Waals surface area contributed by atoms with E-state index in [1.165, 1.54) is 0 Å². The maximum absolute atomic E-state index is 12.8. The van der Waals surface area contributed by atoms with E-state index in [9.17, 15) is 4.79 Å². The Bertz CT molecular complexity index is 298. The lowest BCUT2D eigenvalue weighted by molar-refractivity contribution is -0.152. The molecule has 0 radical (unpaired) electrons. The van der Waals surface area contributed by atoms with Crippen LogP contribution in [0.1, 0.15) is 39.5 Å². The normalized spacial score (nSPS) is 37.6. The van der Waals surface area contributed by atoms with E-state index in [1.807, 2.05) is 4.90 Å². The molecule has 0 aromatic carbocycles. The second-order valence-corrected chi connectivity index (χ2v) is 6.09. The molecule has 2 fully saturated rings. The van der Waals surface area contributed by atoms with E-state index < -0.39 is 0 Å². The maximum atomic E-state index is 12.8. The Hall–Kier alpha value is -0.610. The molecule has 1 saturated heterocycles. The molecule has 1 aliphatic heterocycles. The molecule has 18 heavy (non-hydrogen) atoms. The van der Waals surface area contributed by atoms with Crippen LogP contribution in [0.5, 0.6) is 0 Å². The standard InChI is InChI=1S/C14H26N2O2/c1-11-3-5-14(10-15,6-4-11)13(17)16-7-8-18-9-12(16)2/h11-12H,3-10,15H2,1-2H3. The van der Waals surface area contributed by atoms with E-state index in [2.05, 4.69) is 13.8 Å². The molecular formula is C14H26N2O2. The fraction of sp³-hybridized carbons (Fsp3) is 0.929. The number of morpholine rings is 1. The highest BCUT2D eigenvalue weighted by Crippen LogP contribution is 2.40. The first-order valence-electron chi connectivity index (χ1n) is 7.18. The van der Waals surface area contributed by atoms with Crippen LogP contribution in [0.3, 0.4) is 0 Å². The van der Waals surface area contributed by atoms with Crippen molar-refractivity contribution in [2.24, 2.45) is 17.1 Å². The first kappa shape index (κ1) is 13.8. The van der Waals surface area contributed by atoms with Crippen molar-refractivity contribution in [3.05, 3.63) is 0 Å². The predicted molar refractivity (Wildman–Crippen MR) is 71.1 cm³/mol. The largest absolute Gasteiger partial charge is 0.377 e. The number of hydrogen-bond acceptors (Lipinski definition) is 3. The third kappa shape index (κ3) is 2.54. The minimum Gasteiger partial charge on any atom is -0.377 e. The number of nitrogens with zero attached hydrogens (tertiary/aromatic N) is 1. The summed E-state index contributed by atoms with van der Waals surface area (Å²) in [6, 6.07) is 0.189. The van der Waals surface area contributed by atoms with Crippen molar-refractivity contribution >= 4 is 5.91 Å². The Morgan fingerprint density at radius 3 is 2.61 bits per heavy atom. The fourth-order valence-electron chi connectivity index (χ4n) is 3.15. The lowest BCUT2D eigenvalue weighted by Gasteiger charge is -2.44. The number of amides is 1. The van der Waals surface area contributed by atoms with E-state index in [-0.39, 0.29) is 17.4 Å². The van der Waals surface area contributed by atoms with Gasteiger partial charge in [-0.2, -0.15) is 0 Å². The summed E-state index contributed by atoms with van der Waals surface area (Å²) in [6.45, 7) is 6.85. The molecule has 2 aliphatic rings. The molecule has 2 N–H and O–H groups in total. The highest BCUT2D eigenvalue weighted by Gasteiger charge is 2.43. The van der Waals surface area contributed by atoms with Gasteiger partial charge >= 0.3 is 0 Å². The van der Waals surface area contributed by atoms with Gasteiger partial charge in [-0.15, -0.1) is 0 Å². The van der Waals surface area contributed by atoms with Crippen LogP contribution < -0.4 is 5.73 Å². The second-order valence-electron chi connectivity index (χ2n) is 6.09. The number of nitrogens with two attached hydrogens (primary N) is 1. The topological polar surface area (TPSA) is 55.6 Å². The smallest absolute Gasteiger partial charge is 0.230 e. The quantitative estimate of drug-likeness (QED) is 0.810. The molecule has 1 aliphatic carbocycles. The lowest BCUT2D eigenvalue weighted by atomic mass is 9.69. The van der Waals surface area contributed by atoms with Gasteiger partial charge < -0.3 is 15.4 Å². The van der Waals surface area contributed by atoms with Crippen molar-refractivity contribution in [3.63, 3.8) is 0 Å². The highest BCUT2D eigenvalue weighted by molar-refractivity contribution is 5.83. The molecule has 4 nitrogen and oxygen atoms in total. The number of rotatable bonds is 2. The first-order valence-corrected chi connectivity index (χ1v) is 7.18. The van der Waals surface area contributed by atoms with Gasteiger partial charge in [-0.05, 0) is 38.5 Å². The monoisotopic (exact) mass is 254 g/mol. The summed E-state index contributed by atoms with van der Waals surface area (Å²) in [4.78, 5) is 14.8. The van der Waals surface area contributed by atoms with Gasteiger partial charge in [0.2, 0.25) is 5.91 Å². The lowest BCUT2D eigenvalue weighted by Crippen LogP contribution is -2.56. The van der Waals surface area contributed by atoms with Gasteiger partial charge in [0.25, 0.3) is 0 Å². The summed E-state index contributed by atoms with van der Waals surface area (Å²) >= 11 is 0. The molecule has 1 unspecified atom stereocenters. The van der Waals surface area contributed by atoms with Crippen LogP contribution in [0.25, 0.3) is 0 Å². The average molecular weight is 254 g/mol. The average Bonchev–Trinajstić information content (AvgIpc) is 2.40. The minimum atomic E-state index is -0.294. The van der Waals surface area contributed by atoms with Gasteiger partial charge in [-0.3, -0.25) is 4.79 Å². The SMILES string of the molecule is CC1CCC(CN)(C(=O)N2CCOCC2C)CC1. The van der Waals surface area contributed by atoms with Gasteiger partial charge in [0.05, 0.1) is 24.7 Å². The zero-order valence-electron chi connectivity index (χ0n) is 11.7. The van der Waals surface area contributed by atoms with E-state index >= 15 is 0 Å². The summed E-state index contributed by atoms with van der Waals surface area (Å²) in [5, 5.41) is 0. The molecule has 2 rings (SSSR count). The van der Waals surface area contributed by atoms with Crippen molar-refractivity contribution < 1.29 is 9.53 Å². The van der Waals surface area contributed by atoms with Crippen LogP contribution >= 0.6 is 0 Å². The van der Waals surface area contributed by atoms with Crippen molar-refractivity contribution in [2.45, 2.75) is 45.6 Å². The van der Waals surface area contributed by atoms with E-state index in [4.69, 9.17) is 10.5 Å². The third-order valence-corrected chi connectivity index (χ3v) is 4.70. The summed E-state index contributed by atoms with van der Waals surface area (Å²) < 4.78 is 5.41. The summed E-state index contributed by atoms with van der Waals surface area (Å²) in [5.74, 6) is 1.01. The van der Waals surface area contributed by atoms with E-state index in [0.29, 0.717) is 19.8 Å². The number of carbonyl (C=O) groups excluding carboxylic acids is 1. The van der Waals surface area contributed by atoms with Gasteiger partial charge in [0.1, 0.15) is 0 Å². The van der Waals surface area contributed by atoms with Crippen molar-refractivity contribution in [3.8, 4) is 0 Å². The molecule has 1 atom stereocenters. The molecule has 0 aromatic rings.